The molecule has 2 N–H and O–H groups in total. The van der Waals surface area contributed by atoms with Crippen LogP contribution < -0.4 is 5.73 Å². The van der Waals surface area contributed by atoms with Crippen molar-refractivity contribution in [1.29, 1.82) is 0 Å². The molecule has 0 aliphatic rings. The van der Waals surface area contributed by atoms with Crippen molar-refractivity contribution in [2.75, 3.05) is 25.6 Å². The number of hydrogen-bond acceptors (Lipinski definition) is 4. The molecule has 1 heterocycles. The number of nitrogens with two attached hydrogens (primary N) is 1. The first-order valence-electron chi connectivity index (χ1n) is 5.99. The molecule has 0 saturated carbocycles. The standard InChI is InChI=1S/C12H24N4S/c1-10(5-6-17-4)16(3)12(7-13)11-8-14-15(2)9-11/h8-10,12H,5-7,13H2,1-4H3. The van der Waals surface area contributed by atoms with E-state index < -0.39 is 0 Å². The Morgan fingerprint density at radius 3 is 2.76 bits per heavy atom. The molecule has 2 atom stereocenters. The van der Waals surface area contributed by atoms with Crippen LogP contribution in [-0.4, -0.2) is 46.3 Å². The summed E-state index contributed by atoms with van der Waals surface area (Å²) in [5.41, 5.74) is 7.10. The highest BCUT2D eigenvalue weighted by Gasteiger charge is 2.21. The van der Waals surface area contributed by atoms with Gasteiger partial charge in [-0.2, -0.15) is 16.9 Å². The topological polar surface area (TPSA) is 47.1 Å². The third-order valence-electron chi connectivity index (χ3n) is 3.26. The molecule has 0 aromatic carbocycles. The van der Waals surface area contributed by atoms with Crippen LogP contribution >= 0.6 is 11.8 Å². The largest absolute Gasteiger partial charge is 0.329 e. The van der Waals surface area contributed by atoms with Gasteiger partial charge in [0.1, 0.15) is 0 Å². The summed E-state index contributed by atoms with van der Waals surface area (Å²) in [6.07, 6.45) is 7.30. The zero-order chi connectivity index (χ0) is 12.8. The van der Waals surface area contributed by atoms with E-state index >= 15 is 0 Å². The van der Waals surface area contributed by atoms with Crippen LogP contribution in [0.4, 0.5) is 0 Å². The maximum atomic E-state index is 5.90. The van der Waals surface area contributed by atoms with Gasteiger partial charge in [0.15, 0.2) is 0 Å². The van der Waals surface area contributed by atoms with Gasteiger partial charge in [0.2, 0.25) is 0 Å². The second-order valence-electron chi connectivity index (χ2n) is 4.49. The minimum absolute atomic E-state index is 0.264. The number of aryl methyl sites for hydroxylation is 1. The molecule has 2 unspecified atom stereocenters. The number of likely N-dealkylation sites (N-methyl/N-ethyl adjacent to an activating group) is 1. The van der Waals surface area contributed by atoms with Crippen LogP contribution in [0.15, 0.2) is 12.4 Å². The summed E-state index contributed by atoms with van der Waals surface area (Å²) in [5.74, 6) is 1.19. The Hall–Kier alpha value is -0.520. The molecule has 1 rings (SSSR count). The van der Waals surface area contributed by atoms with Crippen molar-refractivity contribution in [2.24, 2.45) is 12.8 Å². The molecule has 0 amide bonds. The lowest BCUT2D eigenvalue weighted by Crippen LogP contribution is -2.37. The Labute approximate surface area is 109 Å². The van der Waals surface area contributed by atoms with E-state index in [1.165, 1.54) is 17.7 Å². The lowest BCUT2D eigenvalue weighted by atomic mass is 10.1. The number of rotatable bonds is 7. The monoisotopic (exact) mass is 256 g/mol. The van der Waals surface area contributed by atoms with Gasteiger partial charge in [-0.05, 0) is 32.4 Å². The molecule has 5 heteroatoms. The van der Waals surface area contributed by atoms with Crippen LogP contribution in [0.25, 0.3) is 0 Å². The van der Waals surface area contributed by atoms with E-state index in [1.807, 2.05) is 29.7 Å². The van der Waals surface area contributed by atoms with Crippen molar-refractivity contribution in [3.05, 3.63) is 18.0 Å². The van der Waals surface area contributed by atoms with Crippen LogP contribution in [-0.2, 0) is 7.05 Å². The molecule has 0 radical (unpaired) electrons. The summed E-state index contributed by atoms with van der Waals surface area (Å²) in [4.78, 5) is 2.35. The number of thioether (sulfide) groups is 1. The van der Waals surface area contributed by atoms with E-state index in [0.717, 1.165) is 0 Å². The van der Waals surface area contributed by atoms with Gasteiger partial charge >= 0.3 is 0 Å². The molecule has 98 valence electrons. The SMILES string of the molecule is CSCCC(C)N(C)C(CN)c1cnn(C)c1. The average Bonchev–Trinajstić information content (AvgIpc) is 2.73. The van der Waals surface area contributed by atoms with Gasteiger partial charge in [0.25, 0.3) is 0 Å². The van der Waals surface area contributed by atoms with Crippen LogP contribution in [0.1, 0.15) is 24.9 Å². The van der Waals surface area contributed by atoms with Crippen LogP contribution in [0.2, 0.25) is 0 Å². The Morgan fingerprint density at radius 2 is 2.29 bits per heavy atom. The smallest absolute Gasteiger partial charge is 0.0538 e. The second-order valence-corrected chi connectivity index (χ2v) is 5.48. The summed E-state index contributed by atoms with van der Waals surface area (Å²) < 4.78 is 1.83. The van der Waals surface area contributed by atoms with Crippen molar-refractivity contribution < 1.29 is 0 Å². The second kappa shape index (κ2) is 7.03. The third kappa shape index (κ3) is 4.01. The molecule has 4 nitrogen and oxygen atoms in total. The normalized spacial score (nSPS) is 15.2. The van der Waals surface area contributed by atoms with Crippen molar-refractivity contribution in [2.45, 2.75) is 25.4 Å². The predicted molar refractivity (Wildman–Crippen MR) is 75.2 cm³/mol. The van der Waals surface area contributed by atoms with Gasteiger partial charge in [0.05, 0.1) is 12.2 Å². The molecule has 0 aliphatic carbocycles. The number of nitrogens with zero attached hydrogens (tertiary/aromatic N) is 3. The van der Waals surface area contributed by atoms with Crippen LogP contribution in [0, 0.1) is 0 Å². The van der Waals surface area contributed by atoms with Crippen molar-refractivity contribution in [3.63, 3.8) is 0 Å². The first-order chi connectivity index (χ1) is 8.10. The minimum atomic E-state index is 0.264. The molecule has 0 fully saturated rings. The van der Waals surface area contributed by atoms with Gasteiger partial charge in [-0.15, -0.1) is 0 Å². The van der Waals surface area contributed by atoms with Crippen molar-refractivity contribution >= 4 is 11.8 Å². The number of hydrogen-bond donors (Lipinski definition) is 1. The van der Waals surface area contributed by atoms with E-state index in [-0.39, 0.29) is 6.04 Å². The minimum Gasteiger partial charge on any atom is -0.329 e. The summed E-state index contributed by atoms with van der Waals surface area (Å²) in [6, 6.07) is 0.803. The Kier molecular flexibility index (Phi) is 6.02. The summed E-state index contributed by atoms with van der Waals surface area (Å²) in [7, 11) is 4.09. The molecule has 17 heavy (non-hydrogen) atoms. The van der Waals surface area contributed by atoms with Crippen LogP contribution in [0.3, 0.4) is 0 Å². The maximum Gasteiger partial charge on any atom is 0.0538 e. The highest BCUT2D eigenvalue weighted by atomic mass is 32.2. The summed E-state index contributed by atoms with van der Waals surface area (Å²) in [6.45, 7) is 2.89. The third-order valence-corrected chi connectivity index (χ3v) is 3.90. The highest BCUT2D eigenvalue weighted by molar-refractivity contribution is 7.98. The summed E-state index contributed by atoms with van der Waals surface area (Å²) in [5, 5.41) is 4.22. The van der Waals surface area contributed by atoms with E-state index in [4.69, 9.17) is 5.73 Å². The van der Waals surface area contributed by atoms with Gasteiger partial charge in [-0.3, -0.25) is 9.58 Å². The maximum absolute atomic E-state index is 5.90. The molecule has 0 aliphatic heterocycles. The zero-order valence-corrected chi connectivity index (χ0v) is 12.1. The molecule has 1 aromatic rings. The summed E-state index contributed by atoms with van der Waals surface area (Å²) >= 11 is 1.89. The van der Waals surface area contributed by atoms with Gasteiger partial charge in [-0.25, -0.2) is 0 Å². The zero-order valence-electron chi connectivity index (χ0n) is 11.3. The number of aromatic nitrogens is 2. The molecular formula is C12H24N4S. The fourth-order valence-corrected chi connectivity index (χ4v) is 2.53. The molecule has 0 spiro atoms. The first-order valence-corrected chi connectivity index (χ1v) is 7.39. The van der Waals surface area contributed by atoms with Crippen molar-refractivity contribution in [1.82, 2.24) is 14.7 Å². The fourth-order valence-electron chi connectivity index (χ4n) is 1.95. The van der Waals surface area contributed by atoms with E-state index in [1.54, 1.807) is 0 Å². The van der Waals surface area contributed by atoms with Gasteiger partial charge in [-0.1, -0.05) is 0 Å². The van der Waals surface area contributed by atoms with Crippen LogP contribution in [0.5, 0.6) is 0 Å². The van der Waals surface area contributed by atoms with Gasteiger partial charge in [0, 0.05) is 31.4 Å². The molecule has 1 aromatic heterocycles. The van der Waals surface area contributed by atoms with E-state index in [0.29, 0.717) is 12.6 Å². The van der Waals surface area contributed by atoms with Gasteiger partial charge < -0.3 is 5.73 Å². The molecular weight excluding hydrogens is 232 g/mol. The van der Waals surface area contributed by atoms with E-state index in [9.17, 15) is 0 Å². The van der Waals surface area contributed by atoms with Crippen molar-refractivity contribution in [3.8, 4) is 0 Å². The lowest BCUT2D eigenvalue weighted by molar-refractivity contribution is 0.185. The predicted octanol–water partition coefficient (Wildman–Crippen LogP) is 1.49. The Bertz CT molecular complexity index is 326. The van der Waals surface area contributed by atoms with E-state index in [2.05, 4.69) is 36.4 Å². The first kappa shape index (κ1) is 14.5. The highest BCUT2D eigenvalue weighted by Crippen LogP contribution is 2.21. The quantitative estimate of drug-likeness (QED) is 0.803. The Balaban J connectivity index is 2.66. The average molecular weight is 256 g/mol. The lowest BCUT2D eigenvalue weighted by Gasteiger charge is -2.31. The Morgan fingerprint density at radius 1 is 1.59 bits per heavy atom. The molecule has 0 saturated heterocycles. The molecule has 0 bridgehead atoms. The fraction of sp³-hybridized carbons (Fsp3) is 0.750.